The van der Waals surface area contributed by atoms with Gasteiger partial charge in [-0.25, -0.2) is 4.98 Å². The third-order valence-corrected chi connectivity index (χ3v) is 3.15. The third-order valence-electron chi connectivity index (χ3n) is 3.15. The molecular weight excluding hydrogens is 222 g/mol. The number of fused-ring (bicyclic) bond motifs is 1. The summed E-state index contributed by atoms with van der Waals surface area (Å²) in [5.41, 5.74) is 9.35. The second kappa shape index (κ2) is 4.73. The summed E-state index contributed by atoms with van der Waals surface area (Å²) in [6, 6.07) is 6.70. The summed E-state index contributed by atoms with van der Waals surface area (Å²) in [7, 11) is 0. The maximum absolute atomic E-state index is 5.79. The summed E-state index contributed by atoms with van der Waals surface area (Å²) in [5.74, 6) is 1.04. The number of hydrogen-bond donors (Lipinski definition) is 2. The number of H-pyrrole nitrogens is 1. The van der Waals surface area contributed by atoms with Crippen molar-refractivity contribution in [1.29, 1.82) is 0 Å². The summed E-state index contributed by atoms with van der Waals surface area (Å²) < 4.78 is 0. The lowest BCUT2D eigenvalue weighted by Gasteiger charge is -2.13. The largest absolute Gasteiger partial charge is 0.342 e. The van der Waals surface area contributed by atoms with Gasteiger partial charge in [-0.15, -0.1) is 0 Å². The highest BCUT2D eigenvalue weighted by atomic mass is 14.9. The molecule has 98 valence electrons. The summed E-state index contributed by atoms with van der Waals surface area (Å²) in [4.78, 5) is 8.06. The van der Waals surface area contributed by atoms with Crippen molar-refractivity contribution in [3.63, 3.8) is 0 Å². The zero-order chi connectivity index (χ0) is 13.3. The summed E-state index contributed by atoms with van der Waals surface area (Å²) >= 11 is 0. The molecule has 1 atom stereocenters. The van der Waals surface area contributed by atoms with Crippen LogP contribution in [0, 0.1) is 0 Å². The van der Waals surface area contributed by atoms with E-state index in [0.29, 0.717) is 0 Å². The van der Waals surface area contributed by atoms with E-state index in [9.17, 15) is 0 Å². The van der Waals surface area contributed by atoms with Crippen molar-refractivity contribution in [2.24, 2.45) is 5.73 Å². The van der Waals surface area contributed by atoms with Crippen LogP contribution in [0.3, 0.4) is 0 Å². The molecule has 0 saturated carbocycles. The van der Waals surface area contributed by atoms with Gasteiger partial charge >= 0.3 is 0 Å². The molecule has 0 fully saturated rings. The molecule has 3 N–H and O–H groups in total. The summed E-state index contributed by atoms with van der Waals surface area (Å²) in [6.07, 6.45) is 2.04. The van der Waals surface area contributed by atoms with Crippen LogP contribution in [0.2, 0.25) is 0 Å². The minimum Gasteiger partial charge on any atom is -0.342 e. The Morgan fingerprint density at radius 1 is 1.33 bits per heavy atom. The van der Waals surface area contributed by atoms with Gasteiger partial charge in [0.25, 0.3) is 0 Å². The number of nitrogens with zero attached hydrogens (tertiary/aromatic N) is 1. The molecule has 0 aliphatic rings. The fourth-order valence-corrected chi connectivity index (χ4v) is 1.96. The van der Waals surface area contributed by atoms with Crippen LogP contribution in [0.25, 0.3) is 11.0 Å². The van der Waals surface area contributed by atoms with Crippen molar-refractivity contribution in [1.82, 2.24) is 9.97 Å². The van der Waals surface area contributed by atoms with Crippen LogP contribution in [0.1, 0.15) is 45.5 Å². The second-order valence-corrected chi connectivity index (χ2v) is 6.20. The first kappa shape index (κ1) is 13.1. The standard InChI is InChI=1S/C15H23N3/c1-10(16)5-6-11-7-8-12-13(9-11)18-14(17-12)15(2,3)4/h7-10H,5-6,16H2,1-4H3,(H,17,18). The number of nitrogens with two attached hydrogens (primary N) is 1. The van der Waals surface area contributed by atoms with Crippen molar-refractivity contribution < 1.29 is 0 Å². The first-order valence-corrected chi connectivity index (χ1v) is 6.61. The molecule has 1 aromatic carbocycles. The first-order valence-electron chi connectivity index (χ1n) is 6.61. The van der Waals surface area contributed by atoms with E-state index in [1.807, 2.05) is 6.92 Å². The molecule has 2 rings (SSSR count). The van der Waals surface area contributed by atoms with Crippen LogP contribution >= 0.6 is 0 Å². The van der Waals surface area contributed by atoms with E-state index >= 15 is 0 Å². The highest BCUT2D eigenvalue weighted by molar-refractivity contribution is 5.76. The number of aryl methyl sites for hydroxylation is 1. The van der Waals surface area contributed by atoms with Gasteiger partial charge in [0.2, 0.25) is 0 Å². The van der Waals surface area contributed by atoms with Gasteiger partial charge in [0.1, 0.15) is 5.82 Å². The average molecular weight is 245 g/mol. The van der Waals surface area contributed by atoms with Crippen molar-refractivity contribution in [2.45, 2.75) is 52.0 Å². The van der Waals surface area contributed by atoms with Crippen LogP contribution in [0.5, 0.6) is 0 Å². The van der Waals surface area contributed by atoms with Crippen LogP contribution in [0.15, 0.2) is 18.2 Å². The van der Waals surface area contributed by atoms with Gasteiger partial charge in [-0.3, -0.25) is 0 Å². The van der Waals surface area contributed by atoms with Gasteiger partial charge in [0.15, 0.2) is 0 Å². The molecular formula is C15H23N3. The molecule has 0 aliphatic carbocycles. The van der Waals surface area contributed by atoms with Crippen molar-refractivity contribution in [2.75, 3.05) is 0 Å². The minimum atomic E-state index is 0.0605. The van der Waals surface area contributed by atoms with Crippen molar-refractivity contribution in [3.8, 4) is 0 Å². The van der Waals surface area contributed by atoms with Crippen LogP contribution in [-0.2, 0) is 11.8 Å². The highest BCUT2D eigenvalue weighted by Gasteiger charge is 2.18. The van der Waals surface area contributed by atoms with E-state index in [2.05, 4.69) is 48.9 Å². The molecule has 1 unspecified atom stereocenters. The smallest absolute Gasteiger partial charge is 0.112 e. The molecule has 0 bridgehead atoms. The van der Waals surface area contributed by atoms with E-state index < -0.39 is 0 Å². The Labute approximate surface area is 109 Å². The predicted molar refractivity (Wildman–Crippen MR) is 76.8 cm³/mol. The fraction of sp³-hybridized carbons (Fsp3) is 0.533. The van der Waals surface area contributed by atoms with Crippen LogP contribution in [0.4, 0.5) is 0 Å². The van der Waals surface area contributed by atoms with E-state index in [-0.39, 0.29) is 11.5 Å². The minimum absolute atomic E-state index is 0.0605. The molecule has 3 heteroatoms. The van der Waals surface area contributed by atoms with Gasteiger partial charge in [-0.1, -0.05) is 26.8 Å². The maximum Gasteiger partial charge on any atom is 0.112 e. The molecule has 0 radical (unpaired) electrons. The Kier molecular flexibility index (Phi) is 3.44. The zero-order valence-corrected chi connectivity index (χ0v) is 11.7. The third kappa shape index (κ3) is 2.91. The number of imidazole rings is 1. The summed E-state index contributed by atoms with van der Waals surface area (Å²) in [6.45, 7) is 8.55. The van der Waals surface area contributed by atoms with Gasteiger partial charge in [0.05, 0.1) is 11.0 Å². The maximum atomic E-state index is 5.79. The molecule has 18 heavy (non-hydrogen) atoms. The molecule has 0 amide bonds. The van der Waals surface area contributed by atoms with Crippen LogP contribution in [-0.4, -0.2) is 16.0 Å². The molecule has 2 aromatic rings. The molecule has 0 spiro atoms. The Bertz CT molecular complexity index is 532. The fourth-order valence-electron chi connectivity index (χ4n) is 1.96. The number of aromatic nitrogens is 2. The van der Waals surface area contributed by atoms with E-state index in [1.54, 1.807) is 0 Å². The van der Waals surface area contributed by atoms with E-state index in [1.165, 1.54) is 5.56 Å². The number of nitrogens with one attached hydrogen (secondary N) is 1. The van der Waals surface area contributed by atoms with Gasteiger partial charge in [0, 0.05) is 11.5 Å². The Morgan fingerprint density at radius 3 is 2.67 bits per heavy atom. The normalized spacial score (nSPS) is 14.1. The molecule has 1 aromatic heterocycles. The molecule has 0 saturated heterocycles. The van der Waals surface area contributed by atoms with Crippen molar-refractivity contribution >= 4 is 11.0 Å². The quantitative estimate of drug-likeness (QED) is 0.872. The molecule has 1 heterocycles. The summed E-state index contributed by atoms with van der Waals surface area (Å²) in [5, 5.41) is 0. The lowest BCUT2D eigenvalue weighted by Crippen LogP contribution is -2.15. The second-order valence-electron chi connectivity index (χ2n) is 6.20. The van der Waals surface area contributed by atoms with Gasteiger partial charge in [-0.05, 0) is 37.5 Å². The Balaban J connectivity index is 2.28. The zero-order valence-electron chi connectivity index (χ0n) is 11.7. The number of benzene rings is 1. The predicted octanol–water partition coefficient (Wildman–Crippen LogP) is 3.14. The van der Waals surface area contributed by atoms with Crippen molar-refractivity contribution in [3.05, 3.63) is 29.6 Å². The van der Waals surface area contributed by atoms with Gasteiger partial charge in [-0.2, -0.15) is 0 Å². The first-order chi connectivity index (χ1) is 8.36. The number of rotatable bonds is 3. The van der Waals surface area contributed by atoms with E-state index in [0.717, 1.165) is 29.7 Å². The highest BCUT2D eigenvalue weighted by Crippen LogP contribution is 2.23. The Hall–Kier alpha value is -1.35. The molecule has 0 aliphatic heterocycles. The number of hydrogen-bond acceptors (Lipinski definition) is 2. The molecule has 3 nitrogen and oxygen atoms in total. The Morgan fingerprint density at radius 2 is 2.06 bits per heavy atom. The topological polar surface area (TPSA) is 54.7 Å². The van der Waals surface area contributed by atoms with E-state index in [4.69, 9.17) is 5.73 Å². The lowest BCUT2D eigenvalue weighted by molar-refractivity contribution is 0.554. The monoisotopic (exact) mass is 245 g/mol. The number of aromatic amines is 1. The van der Waals surface area contributed by atoms with Gasteiger partial charge < -0.3 is 10.7 Å². The SMILES string of the molecule is CC(N)CCc1ccc2nc(C(C)(C)C)[nH]c2c1. The van der Waals surface area contributed by atoms with Crippen LogP contribution < -0.4 is 5.73 Å². The lowest BCUT2D eigenvalue weighted by atomic mass is 9.96. The average Bonchev–Trinajstić information content (AvgIpc) is 2.68.